The number of hydrogen-bond donors (Lipinski definition) is 0. The van der Waals surface area contributed by atoms with Crippen LogP contribution in [0.15, 0.2) is 12.7 Å². The van der Waals surface area contributed by atoms with Crippen LogP contribution in [0.4, 0.5) is 0 Å². The van der Waals surface area contributed by atoms with E-state index in [1.54, 1.807) is 0 Å². The van der Waals surface area contributed by atoms with E-state index in [9.17, 15) is 0 Å². The van der Waals surface area contributed by atoms with Gasteiger partial charge in [-0.3, -0.25) is 4.90 Å². The Morgan fingerprint density at radius 3 is 2.85 bits per heavy atom. The van der Waals surface area contributed by atoms with Crippen molar-refractivity contribution < 1.29 is 0 Å². The van der Waals surface area contributed by atoms with Crippen molar-refractivity contribution in [2.45, 2.75) is 32.2 Å². The van der Waals surface area contributed by atoms with Crippen molar-refractivity contribution in [3.63, 3.8) is 0 Å². The molecule has 0 aliphatic carbocycles. The average Bonchev–Trinajstić information content (AvgIpc) is 2.08. The Morgan fingerprint density at radius 2 is 2.38 bits per heavy atom. The van der Waals surface area contributed by atoms with Crippen LogP contribution < -0.4 is 0 Å². The van der Waals surface area contributed by atoms with Crippen molar-refractivity contribution in [2.24, 2.45) is 5.92 Å². The second-order valence-corrected chi connectivity index (χ2v) is 4.37. The number of rotatable bonds is 2. The van der Waals surface area contributed by atoms with Gasteiger partial charge in [-0.25, -0.2) is 0 Å². The molecule has 0 radical (unpaired) electrons. The Balaban J connectivity index is 2.62. The minimum absolute atomic E-state index is 0.160. The summed E-state index contributed by atoms with van der Waals surface area (Å²) >= 11 is 0. The van der Waals surface area contributed by atoms with E-state index in [1.807, 2.05) is 6.08 Å². The highest BCUT2D eigenvalue weighted by molar-refractivity contribution is 4.98. The molecule has 0 saturated carbocycles. The molecule has 1 fully saturated rings. The molecule has 1 rings (SSSR count). The standard InChI is InChI=1S/C11H18N2/c1-4-6-13-7-5-10(9-12)8-11(13,2)3/h4,10H,1,5-8H2,2-3H3. The summed E-state index contributed by atoms with van der Waals surface area (Å²) in [5, 5.41) is 8.85. The molecule has 1 unspecified atom stereocenters. The smallest absolute Gasteiger partial charge is 0.0657 e. The van der Waals surface area contributed by atoms with Crippen LogP contribution in [0.5, 0.6) is 0 Å². The third-order valence-corrected chi connectivity index (χ3v) is 2.88. The van der Waals surface area contributed by atoms with Crippen LogP contribution in [0.1, 0.15) is 26.7 Å². The van der Waals surface area contributed by atoms with Gasteiger partial charge in [0.1, 0.15) is 0 Å². The fraction of sp³-hybridized carbons (Fsp3) is 0.727. The van der Waals surface area contributed by atoms with Gasteiger partial charge in [0, 0.05) is 24.5 Å². The molecular formula is C11H18N2. The van der Waals surface area contributed by atoms with Gasteiger partial charge in [0.2, 0.25) is 0 Å². The fourth-order valence-corrected chi connectivity index (χ4v) is 2.05. The van der Waals surface area contributed by atoms with E-state index in [2.05, 4.69) is 31.4 Å². The summed E-state index contributed by atoms with van der Waals surface area (Å²) in [4.78, 5) is 2.40. The molecule has 0 N–H and O–H groups in total. The normalized spacial score (nSPS) is 27.9. The first-order chi connectivity index (χ1) is 6.10. The molecule has 13 heavy (non-hydrogen) atoms. The predicted octanol–water partition coefficient (Wildman–Crippen LogP) is 2.19. The van der Waals surface area contributed by atoms with E-state index in [0.717, 1.165) is 25.9 Å². The Kier molecular flexibility index (Phi) is 3.11. The number of likely N-dealkylation sites (tertiary alicyclic amines) is 1. The van der Waals surface area contributed by atoms with Gasteiger partial charge >= 0.3 is 0 Å². The molecule has 0 aromatic carbocycles. The molecular weight excluding hydrogens is 160 g/mol. The van der Waals surface area contributed by atoms with Crippen LogP contribution in [-0.2, 0) is 0 Å². The van der Waals surface area contributed by atoms with Gasteiger partial charge in [-0.1, -0.05) is 6.08 Å². The Bertz CT molecular complexity index is 225. The Hall–Kier alpha value is -0.810. The third-order valence-electron chi connectivity index (χ3n) is 2.88. The van der Waals surface area contributed by atoms with Gasteiger partial charge in [-0.05, 0) is 26.7 Å². The largest absolute Gasteiger partial charge is 0.294 e. The summed E-state index contributed by atoms with van der Waals surface area (Å²) in [6, 6.07) is 2.37. The Labute approximate surface area is 80.8 Å². The topological polar surface area (TPSA) is 27.0 Å². The van der Waals surface area contributed by atoms with E-state index in [-0.39, 0.29) is 11.5 Å². The predicted molar refractivity (Wildman–Crippen MR) is 54.2 cm³/mol. The molecule has 0 aromatic heterocycles. The van der Waals surface area contributed by atoms with Crippen LogP contribution in [0.2, 0.25) is 0 Å². The monoisotopic (exact) mass is 178 g/mol. The van der Waals surface area contributed by atoms with Crippen molar-refractivity contribution >= 4 is 0 Å². The van der Waals surface area contributed by atoms with Gasteiger partial charge in [-0.15, -0.1) is 6.58 Å². The second kappa shape index (κ2) is 3.93. The lowest BCUT2D eigenvalue weighted by molar-refractivity contribution is 0.0725. The number of nitriles is 1. The van der Waals surface area contributed by atoms with Crippen LogP contribution in [0.25, 0.3) is 0 Å². The molecule has 1 aliphatic heterocycles. The highest BCUT2D eigenvalue weighted by Crippen LogP contribution is 2.30. The fourth-order valence-electron chi connectivity index (χ4n) is 2.05. The van der Waals surface area contributed by atoms with Crippen LogP contribution >= 0.6 is 0 Å². The van der Waals surface area contributed by atoms with Crippen LogP contribution in [0.3, 0.4) is 0 Å². The molecule has 0 amide bonds. The second-order valence-electron chi connectivity index (χ2n) is 4.37. The first-order valence-electron chi connectivity index (χ1n) is 4.85. The van der Waals surface area contributed by atoms with Gasteiger partial charge in [0.15, 0.2) is 0 Å². The van der Waals surface area contributed by atoms with E-state index in [1.165, 1.54) is 0 Å². The lowest BCUT2D eigenvalue weighted by atomic mass is 9.83. The summed E-state index contributed by atoms with van der Waals surface area (Å²) in [6.45, 7) is 10.1. The number of nitrogens with zero attached hydrogens (tertiary/aromatic N) is 2. The summed E-state index contributed by atoms with van der Waals surface area (Å²) in [5.41, 5.74) is 0.160. The van der Waals surface area contributed by atoms with Gasteiger partial charge in [0.25, 0.3) is 0 Å². The summed E-state index contributed by atoms with van der Waals surface area (Å²) in [5.74, 6) is 0.246. The zero-order valence-electron chi connectivity index (χ0n) is 8.58. The molecule has 0 spiro atoms. The first-order valence-corrected chi connectivity index (χ1v) is 4.85. The minimum atomic E-state index is 0.160. The van der Waals surface area contributed by atoms with Crippen LogP contribution in [-0.4, -0.2) is 23.5 Å². The number of piperidine rings is 1. The maximum absolute atomic E-state index is 8.85. The van der Waals surface area contributed by atoms with E-state index in [4.69, 9.17) is 5.26 Å². The molecule has 2 heteroatoms. The van der Waals surface area contributed by atoms with Gasteiger partial charge in [0.05, 0.1) is 6.07 Å². The van der Waals surface area contributed by atoms with E-state index < -0.39 is 0 Å². The summed E-state index contributed by atoms with van der Waals surface area (Å²) in [6.07, 6.45) is 3.93. The molecule has 2 nitrogen and oxygen atoms in total. The lowest BCUT2D eigenvalue weighted by Crippen LogP contribution is -2.49. The molecule has 1 atom stereocenters. The zero-order chi connectivity index (χ0) is 9.90. The van der Waals surface area contributed by atoms with Gasteiger partial charge in [-0.2, -0.15) is 5.26 Å². The van der Waals surface area contributed by atoms with Crippen LogP contribution in [0, 0.1) is 17.2 Å². The first kappa shape index (κ1) is 10.3. The molecule has 1 saturated heterocycles. The quantitative estimate of drug-likeness (QED) is 0.606. The highest BCUT2D eigenvalue weighted by Gasteiger charge is 2.33. The van der Waals surface area contributed by atoms with Crippen molar-refractivity contribution in [3.05, 3.63) is 12.7 Å². The average molecular weight is 178 g/mol. The molecule has 72 valence electrons. The zero-order valence-corrected chi connectivity index (χ0v) is 8.58. The van der Waals surface area contributed by atoms with E-state index in [0.29, 0.717) is 0 Å². The minimum Gasteiger partial charge on any atom is -0.294 e. The third kappa shape index (κ3) is 2.32. The van der Waals surface area contributed by atoms with Crippen molar-refractivity contribution in [3.8, 4) is 6.07 Å². The van der Waals surface area contributed by atoms with E-state index >= 15 is 0 Å². The number of hydrogen-bond acceptors (Lipinski definition) is 2. The van der Waals surface area contributed by atoms with Crippen molar-refractivity contribution in [1.29, 1.82) is 5.26 Å². The Morgan fingerprint density at radius 1 is 1.69 bits per heavy atom. The van der Waals surface area contributed by atoms with Gasteiger partial charge < -0.3 is 0 Å². The molecule has 1 heterocycles. The molecule has 1 aliphatic rings. The lowest BCUT2D eigenvalue weighted by Gasteiger charge is -2.43. The maximum atomic E-state index is 8.85. The summed E-state index contributed by atoms with van der Waals surface area (Å²) < 4.78 is 0. The van der Waals surface area contributed by atoms with Crippen molar-refractivity contribution in [1.82, 2.24) is 4.90 Å². The molecule has 0 aromatic rings. The maximum Gasteiger partial charge on any atom is 0.0657 e. The molecule has 0 bridgehead atoms. The highest BCUT2D eigenvalue weighted by atomic mass is 15.2. The SMILES string of the molecule is C=CCN1CCC(C#N)CC1(C)C. The van der Waals surface area contributed by atoms with Crippen molar-refractivity contribution in [2.75, 3.05) is 13.1 Å². The summed E-state index contributed by atoms with van der Waals surface area (Å²) in [7, 11) is 0.